The summed E-state index contributed by atoms with van der Waals surface area (Å²) in [7, 11) is 0. The summed E-state index contributed by atoms with van der Waals surface area (Å²) < 4.78 is 6.20. The second kappa shape index (κ2) is 5.17. The predicted molar refractivity (Wildman–Crippen MR) is 84.1 cm³/mol. The predicted octanol–water partition coefficient (Wildman–Crippen LogP) is 2.09. The van der Waals surface area contributed by atoms with Crippen LogP contribution in [0.3, 0.4) is 0 Å². The van der Waals surface area contributed by atoms with Gasteiger partial charge < -0.3 is 19.9 Å². The summed E-state index contributed by atoms with van der Waals surface area (Å²) in [6, 6.07) is 6.45. The van der Waals surface area contributed by atoms with Crippen LogP contribution in [0.1, 0.15) is 20.8 Å². The number of likely N-dealkylation sites (N-methyl/N-ethyl adjacent to an activating group) is 1. The van der Waals surface area contributed by atoms with Gasteiger partial charge in [0, 0.05) is 32.7 Å². The average molecular weight is 275 g/mol. The third-order valence-electron chi connectivity index (χ3n) is 4.09. The maximum absolute atomic E-state index is 6.20. The van der Waals surface area contributed by atoms with E-state index in [-0.39, 0.29) is 5.60 Å². The number of piperazine rings is 1. The first-order chi connectivity index (χ1) is 9.61. The molecule has 1 saturated heterocycles. The molecule has 20 heavy (non-hydrogen) atoms. The van der Waals surface area contributed by atoms with Gasteiger partial charge in [-0.3, -0.25) is 0 Å². The van der Waals surface area contributed by atoms with Crippen LogP contribution in [0.4, 0.5) is 11.4 Å². The quantitative estimate of drug-likeness (QED) is 0.894. The lowest BCUT2D eigenvalue weighted by Gasteiger charge is -2.43. The molecular weight excluding hydrogens is 250 g/mol. The monoisotopic (exact) mass is 275 g/mol. The molecule has 2 aliphatic heterocycles. The first-order valence-electron chi connectivity index (χ1n) is 7.63. The van der Waals surface area contributed by atoms with Crippen LogP contribution in [-0.4, -0.2) is 44.9 Å². The second-order valence-corrected chi connectivity index (χ2v) is 6.24. The van der Waals surface area contributed by atoms with Crippen LogP contribution in [0.2, 0.25) is 0 Å². The Labute approximate surface area is 121 Å². The number of hydrogen-bond donors (Lipinski definition) is 1. The fourth-order valence-electron chi connectivity index (χ4n) is 3.21. The number of nitrogens with zero attached hydrogens (tertiary/aromatic N) is 2. The van der Waals surface area contributed by atoms with Crippen molar-refractivity contribution >= 4 is 11.4 Å². The molecule has 4 nitrogen and oxygen atoms in total. The van der Waals surface area contributed by atoms with E-state index in [0.29, 0.717) is 0 Å². The van der Waals surface area contributed by atoms with E-state index >= 15 is 0 Å². The first-order valence-corrected chi connectivity index (χ1v) is 7.63. The number of rotatable bonds is 2. The number of ether oxygens (including phenoxy) is 1. The Kier molecular flexibility index (Phi) is 3.50. The van der Waals surface area contributed by atoms with Crippen LogP contribution in [0.15, 0.2) is 18.2 Å². The van der Waals surface area contributed by atoms with E-state index in [1.54, 1.807) is 0 Å². The van der Waals surface area contributed by atoms with Gasteiger partial charge >= 0.3 is 0 Å². The smallest absolute Gasteiger partial charge is 0.145 e. The highest BCUT2D eigenvalue weighted by molar-refractivity contribution is 5.79. The summed E-state index contributed by atoms with van der Waals surface area (Å²) in [6.45, 7) is 12.8. The van der Waals surface area contributed by atoms with E-state index in [0.717, 1.165) is 45.0 Å². The molecule has 3 rings (SSSR count). The molecule has 1 aromatic carbocycles. The van der Waals surface area contributed by atoms with Crippen molar-refractivity contribution in [3.8, 4) is 5.75 Å². The largest absolute Gasteiger partial charge is 0.484 e. The molecule has 1 aromatic rings. The van der Waals surface area contributed by atoms with Crippen LogP contribution < -0.4 is 19.9 Å². The van der Waals surface area contributed by atoms with Crippen molar-refractivity contribution < 1.29 is 4.74 Å². The third kappa shape index (κ3) is 2.44. The topological polar surface area (TPSA) is 27.7 Å². The summed E-state index contributed by atoms with van der Waals surface area (Å²) in [6.07, 6.45) is 0. The first kappa shape index (κ1) is 13.6. The Morgan fingerprint density at radius 2 is 2.00 bits per heavy atom. The van der Waals surface area contributed by atoms with E-state index in [2.05, 4.69) is 54.1 Å². The van der Waals surface area contributed by atoms with Gasteiger partial charge in [0.05, 0.1) is 12.2 Å². The van der Waals surface area contributed by atoms with Gasteiger partial charge in [-0.15, -0.1) is 0 Å². The number of anilines is 2. The molecular formula is C16H25N3O. The van der Waals surface area contributed by atoms with Crippen LogP contribution in [0.5, 0.6) is 5.75 Å². The number of nitrogens with one attached hydrogen (secondary N) is 1. The molecule has 2 aliphatic rings. The molecule has 1 fully saturated rings. The molecule has 1 N–H and O–H groups in total. The van der Waals surface area contributed by atoms with E-state index in [1.807, 2.05) is 0 Å². The summed E-state index contributed by atoms with van der Waals surface area (Å²) in [5.41, 5.74) is 2.48. The highest BCUT2D eigenvalue weighted by atomic mass is 16.5. The summed E-state index contributed by atoms with van der Waals surface area (Å²) >= 11 is 0. The summed E-state index contributed by atoms with van der Waals surface area (Å²) in [5, 5.41) is 3.42. The molecule has 0 amide bonds. The molecule has 0 saturated carbocycles. The lowest BCUT2D eigenvalue weighted by Crippen LogP contribution is -2.48. The highest BCUT2D eigenvalue weighted by Crippen LogP contribution is 2.43. The Morgan fingerprint density at radius 1 is 1.25 bits per heavy atom. The summed E-state index contributed by atoms with van der Waals surface area (Å²) in [4.78, 5) is 4.93. The van der Waals surface area contributed by atoms with Crippen LogP contribution in [0, 0.1) is 0 Å². The zero-order valence-corrected chi connectivity index (χ0v) is 12.8. The van der Waals surface area contributed by atoms with E-state index in [4.69, 9.17) is 4.74 Å². The number of benzene rings is 1. The van der Waals surface area contributed by atoms with Gasteiger partial charge in [0.25, 0.3) is 0 Å². The standard InChI is InChI=1S/C16H25N3O/c1-4-18-12-16(2,3)20-14-7-5-6-13(15(14)18)19-10-8-17-9-11-19/h5-7,17H,4,8-12H2,1-3H3. The third-order valence-corrected chi connectivity index (χ3v) is 4.09. The van der Waals surface area contributed by atoms with Crippen LogP contribution >= 0.6 is 0 Å². The van der Waals surface area contributed by atoms with E-state index in [9.17, 15) is 0 Å². The van der Waals surface area contributed by atoms with Gasteiger partial charge in [-0.2, -0.15) is 0 Å². The molecule has 0 unspecified atom stereocenters. The second-order valence-electron chi connectivity index (χ2n) is 6.24. The minimum Gasteiger partial charge on any atom is -0.484 e. The molecule has 0 spiro atoms. The van der Waals surface area contributed by atoms with Crippen molar-refractivity contribution in [2.45, 2.75) is 26.4 Å². The van der Waals surface area contributed by atoms with Gasteiger partial charge in [0.15, 0.2) is 0 Å². The minimum atomic E-state index is -0.120. The van der Waals surface area contributed by atoms with Crippen molar-refractivity contribution in [3.05, 3.63) is 18.2 Å². The number of hydrogen-bond acceptors (Lipinski definition) is 4. The minimum absolute atomic E-state index is 0.120. The van der Waals surface area contributed by atoms with Crippen molar-refractivity contribution in [2.75, 3.05) is 49.1 Å². The molecule has 110 valence electrons. The van der Waals surface area contributed by atoms with Crippen LogP contribution in [0.25, 0.3) is 0 Å². The molecule has 4 heteroatoms. The fraction of sp³-hybridized carbons (Fsp3) is 0.625. The lowest BCUT2D eigenvalue weighted by molar-refractivity contribution is 0.105. The van der Waals surface area contributed by atoms with Crippen molar-refractivity contribution in [1.82, 2.24) is 5.32 Å². The van der Waals surface area contributed by atoms with Gasteiger partial charge in [0.2, 0.25) is 0 Å². The number of fused-ring (bicyclic) bond motifs is 1. The molecule has 0 atom stereocenters. The Morgan fingerprint density at radius 3 is 2.70 bits per heavy atom. The average Bonchev–Trinajstić information content (AvgIpc) is 2.45. The van der Waals surface area contributed by atoms with Crippen molar-refractivity contribution in [1.29, 1.82) is 0 Å². The Bertz CT molecular complexity index is 481. The van der Waals surface area contributed by atoms with Crippen molar-refractivity contribution in [2.24, 2.45) is 0 Å². The van der Waals surface area contributed by atoms with Gasteiger partial charge in [-0.25, -0.2) is 0 Å². The van der Waals surface area contributed by atoms with Gasteiger partial charge in [-0.1, -0.05) is 6.07 Å². The van der Waals surface area contributed by atoms with Crippen LogP contribution in [-0.2, 0) is 0 Å². The lowest BCUT2D eigenvalue weighted by atomic mass is 10.0. The molecule has 0 radical (unpaired) electrons. The van der Waals surface area contributed by atoms with E-state index in [1.165, 1.54) is 11.4 Å². The Hall–Kier alpha value is -1.42. The molecule has 2 heterocycles. The molecule has 0 aromatic heterocycles. The SMILES string of the molecule is CCN1CC(C)(C)Oc2cccc(N3CCNCC3)c21. The number of para-hydroxylation sites is 1. The van der Waals surface area contributed by atoms with E-state index < -0.39 is 0 Å². The summed E-state index contributed by atoms with van der Waals surface area (Å²) in [5.74, 6) is 1.03. The highest BCUT2D eigenvalue weighted by Gasteiger charge is 2.33. The van der Waals surface area contributed by atoms with Gasteiger partial charge in [0.1, 0.15) is 17.0 Å². The fourth-order valence-corrected chi connectivity index (χ4v) is 3.21. The maximum atomic E-state index is 6.20. The molecule has 0 aliphatic carbocycles. The Balaban J connectivity index is 2.01. The normalized spacial score (nSPS) is 21.4. The van der Waals surface area contributed by atoms with Gasteiger partial charge in [-0.05, 0) is 32.9 Å². The molecule has 0 bridgehead atoms. The maximum Gasteiger partial charge on any atom is 0.145 e. The zero-order valence-electron chi connectivity index (χ0n) is 12.8. The van der Waals surface area contributed by atoms with Crippen molar-refractivity contribution in [3.63, 3.8) is 0 Å². The zero-order chi connectivity index (χ0) is 14.2.